The number of esters is 3. The second-order valence-electron chi connectivity index (χ2n) is 10.1. The lowest BCUT2D eigenvalue weighted by Crippen LogP contribution is -2.26. The van der Waals surface area contributed by atoms with Gasteiger partial charge in [-0.15, -0.1) is 0 Å². The first-order valence-corrected chi connectivity index (χ1v) is 15.2. The highest BCUT2D eigenvalue weighted by molar-refractivity contribution is 5.88. The fourth-order valence-corrected chi connectivity index (χ4v) is 3.46. The SMILES string of the molecule is C=C(C)C(=O)Oc1ccc(CCC#N)cc1.C=CC(=O)OCC#N.C=CC(=O)OCC(CC)(CC)CCC#N.C=Cc1ccc(C#N)cc1. The van der Waals surface area contributed by atoms with Gasteiger partial charge in [0.15, 0.2) is 6.61 Å². The lowest BCUT2D eigenvalue weighted by Gasteiger charge is -2.30. The van der Waals surface area contributed by atoms with E-state index in [1.807, 2.05) is 30.3 Å². The molecule has 10 heteroatoms. The number of hydrogen-bond acceptors (Lipinski definition) is 10. The van der Waals surface area contributed by atoms with Gasteiger partial charge in [-0.25, -0.2) is 14.4 Å². The van der Waals surface area contributed by atoms with E-state index in [0.717, 1.165) is 36.5 Å². The van der Waals surface area contributed by atoms with E-state index in [1.54, 1.807) is 43.3 Å². The summed E-state index contributed by atoms with van der Waals surface area (Å²) >= 11 is 0. The van der Waals surface area contributed by atoms with Gasteiger partial charge in [-0.3, -0.25) is 0 Å². The van der Waals surface area contributed by atoms with E-state index in [1.165, 1.54) is 6.08 Å². The zero-order valence-electron chi connectivity index (χ0n) is 28.6. The van der Waals surface area contributed by atoms with E-state index in [2.05, 4.69) is 57.0 Å². The molecule has 2 rings (SSSR count). The first kappa shape index (κ1) is 44.9. The molecule has 0 unspecified atom stereocenters. The van der Waals surface area contributed by atoms with Crippen molar-refractivity contribution in [3.8, 4) is 30.0 Å². The molecule has 0 amide bonds. The van der Waals surface area contributed by atoms with Gasteiger partial charge in [-0.2, -0.15) is 21.0 Å². The molecule has 0 heterocycles. The Hall–Kier alpha value is -6.23. The summed E-state index contributed by atoms with van der Waals surface area (Å²) in [4.78, 5) is 32.2. The third kappa shape index (κ3) is 22.0. The number of rotatable bonds is 14. The number of aryl methyl sites for hydroxylation is 1. The zero-order chi connectivity index (χ0) is 37.5. The van der Waals surface area contributed by atoms with E-state index in [9.17, 15) is 14.4 Å². The average molecular weight is 665 g/mol. The number of benzene rings is 2. The Morgan fingerprint density at radius 1 is 0.796 bits per heavy atom. The summed E-state index contributed by atoms with van der Waals surface area (Å²) in [7, 11) is 0. The minimum atomic E-state index is -0.563. The number of carbonyl (C=O) groups is 3. The lowest BCUT2D eigenvalue weighted by atomic mass is 9.79. The van der Waals surface area contributed by atoms with Crippen molar-refractivity contribution in [1.29, 1.82) is 21.0 Å². The van der Waals surface area contributed by atoms with Crippen molar-refractivity contribution in [3.05, 3.63) is 109 Å². The van der Waals surface area contributed by atoms with Gasteiger partial charge in [0.05, 0.1) is 30.4 Å². The van der Waals surface area contributed by atoms with Crippen molar-refractivity contribution in [3.63, 3.8) is 0 Å². The highest BCUT2D eigenvalue weighted by Crippen LogP contribution is 2.32. The summed E-state index contributed by atoms with van der Waals surface area (Å²) < 4.78 is 14.3. The van der Waals surface area contributed by atoms with Gasteiger partial charge in [0.2, 0.25) is 0 Å². The number of ether oxygens (including phenoxy) is 3. The fraction of sp³-hybridized carbons (Fsp3) is 0.308. The van der Waals surface area contributed by atoms with Crippen LogP contribution in [0.4, 0.5) is 0 Å². The molecular weight excluding hydrogens is 620 g/mol. The number of carbonyl (C=O) groups excluding carboxylic acids is 3. The summed E-state index contributed by atoms with van der Waals surface area (Å²) in [5.41, 5.74) is 3.10. The normalized spacial score (nSPS) is 9.04. The highest BCUT2D eigenvalue weighted by atomic mass is 16.5. The summed E-state index contributed by atoms with van der Waals surface area (Å²) in [6, 6.07) is 22.3. The van der Waals surface area contributed by atoms with E-state index in [4.69, 9.17) is 30.5 Å². The molecule has 10 nitrogen and oxygen atoms in total. The lowest BCUT2D eigenvalue weighted by molar-refractivity contribution is -0.141. The fourth-order valence-electron chi connectivity index (χ4n) is 3.46. The molecule has 0 N–H and O–H groups in total. The zero-order valence-corrected chi connectivity index (χ0v) is 28.6. The molecule has 0 aliphatic heterocycles. The Morgan fingerprint density at radius 3 is 1.78 bits per heavy atom. The Kier molecular flexibility index (Phi) is 25.7. The van der Waals surface area contributed by atoms with Gasteiger partial charge in [-0.05, 0) is 68.0 Å². The molecule has 0 aromatic heterocycles. The van der Waals surface area contributed by atoms with Crippen LogP contribution in [0.2, 0.25) is 0 Å². The first-order chi connectivity index (χ1) is 23.4. The molecule has 0 saturated carbocycles. The van der Waals surface area contributed by atoms with Gasteiger partial charge in [0.25, 0.3) is 0 Å². The van der Waals surface area contributed by atoms with Crippen LogP contribution in [0.25, 0.3) is 6.08 Å². The highest BCUT2D eigenvalue weighted by Gasteiger charge is 2.27. The van der Waals surface area contributed by atoms with Crippen molar-refractivity contribution in [1.82, 2.24) is 0 Å². The molecule has 0 fully saturated rings. The monoisotopic (exact) mass is 664 g/mol. The molecule has 2 aromatic carbocycles. The van der Waals surface area contributed by atoms with E-state index < -0.39 is 17.9 Å². The topological polar surface area (TPSA) is 174 Å². The number of hydrogen-bond donors (Lipinski definition) is 0. The predicted molar refractivity (Wildman–Crippen MR) is 188 cm³/mol. The van der Waals surface area contributed by atoms with Gasteiger partial charge in [0, 0.05) is 36.0 Å². The van der Waals surface area contributed by atoms with Crippen molar-refractivity contribution in [2.45, 2.75) is 59.3 Å². The Bertz CT molecular complexity index is 1530. The molecule has 0 saturated heterocycles. The summed E-state index contributed by atoms with van der Waals surface area (Å²) in [5.74, 6) is -0.886. The number of nitrogens with zero attached hydrogens (tertiary/aromatic N) is 4. The maximum Gasteiger partial charge on any atom is 0.338 e. The van der Waals surface area contributed by atoms with Crippen LogP contribution >= 0.6 is 0 Å². The second kappa shape index (κ2) is 28.0. The molecule has 0 spiro atoms. The molecule has 2 aromatic rings. The minimum absolute atomic E-state index is 0.0472. The first-order valence-electron chi connectivity index (χ1n) is 15.2. The molecule has 49 heavy (non-hydrogen) atoms. The molecule has 256 valence electrons. The summed E-state index contributed by atoms with van der Waals surface area (Å²) in [5, 5.41) is 33.3. The van der Waals surface area contributed by atoms with Crippen LogP contribution in [-0.4, -0.2) is 31.1 Å². The van der Waals surface area contributed by atoms with Crippen LogP contribution in [0.3, 0.4) is 0 Å². The molecule has 0 aliphatic carbocycles. The van der Waals surface area contributed by atoms with Gasteiger partial charge < -0.3 is 14.2 Å². The number of nitriles is 4. The van der Waals surface area contributed by atoms with Gasteiger partial charge >= 0.3 is 17.9 Å². The molecule has 0 radical (unpaired) electrons. The van der Waals surface area contributed by atoms with Crippen LogP contribution in [0.5, 0.6) is 5.75 Å². The van der Waals surface area contributed by atoms with Crippen molar-refractivity contribution >= 4 is 24.0 Å². The third-order valence-electron chi connectivity index (χ3n) is 6.68. The van der Waals surface area contributed by atoms with E-state index in [-0.39, 0.29) is 12.0 Å². The molecule has 0 bridgehead atoms. The van der Waals surface area contributed by atoms with Crippen LogP contribution in [-0.2, 0) is 30.3 Å². The van der Waals surface area contributed by atoms with Crippen LogP contribution in [0, 0.1) is 50.7 Å². The van der Waals surface area contributed by atoms with Crippen molar-refractivity contribution in [2.24, 2.45) is 5.41 Å². The molecule has 0 atom stereocenters. The summed E-state index contributed by atoms with van der Waals surface area (Å²) in [6.07, 6.45) is 8.24. The Morgan fingerprint density at radius 2 is 1.35 bits per heavy atom. The van der Waals surface area contributed by atoms with Crippen LogP contribution < -0.4 is 4.74 Å². The Balaban J connectivity index is 0. The molecule has 0 aliphatic rings. The minimum Gasteiger partial charge on any atom is -0.462 e. The Labute approximate surface area is 290 Å². The average Bonchev–Trinajstić information content (AvgIpc) is 3.14. The standard InChI is InChI=1S/C13H13NO2.C12H19NO2.C9H7N.C5H5NO2/c1-10(2)13(15)16-12-7-5-11(6-8-12)4-3-9-14;1-4-11(14)15-10-12(5-2,6-3)8-7-9-13;1-2-8-3-5-9(7-10)6-4-8;1-2-5(7)8-4-3-6/h5-8H,1,3-4H2,2H3;4H,1,5-8,10H2,2-3H3;2-6H,1H2;2H,1,4H2. The van der Waals surface area contributed by atoms with Crippen molar-refractivity contribution < 1.29 is 28.6 Å². The van der Waals surface area contributed by atoms with E-state index >= 15 is 0 Å². The summed E-state index contributed by atoms with van der Waals surface area (Å²) in [6.45, 7) is 19.5. The quantitative estimate of drug-likeness (QED) is 0.110. The maximum absolute atomic E-state index is 11.2. The van der Waals surface area contributed by atoms with Crippen LogP contribution in [0.15, 0.2) is 92.6 Å². The van der Waals surface area contributed by atoms with Crippen LogP contribution in [0.1, 0.15) is 69.6 Å². The van der Waals surface area contributed by atoms with Gasteiger partial charge in [0.1, 0.15) is 11.8 Å². The maximum atomic E-state index is 11.2. The third-order valence-corrected chi connectivity index (χ3v) is 6.68. The molecular formula is C39H44N4O6. The van der Waals surface area contributed by atoms with E-state index in [0.29, 0.717) is 42.8 Å². The smallest absolute Gasteiger partial charge is 0.338 e. The van der Waals surface area contributed by atoms with Crippen molar-refractivity contribution in [2.75, 3.05) is 13.2 Å². The second-order valence-corrected chi connectivity index (χ2v) is 10.1. The largest absolute Gasteiger partial charge is 0.462 e. The predicted octanol–water partition coefficient (Wildman–Crippen LogP) is 7.89. The van der Waals surface area contributed by atoms with Gasteiger partial charge in [-0.1, -0.05) is 70.5 Å².